The van der Waals surface area contributed by atoms with Crippen molar-refractivity contribution in [1.29, 1.82) is 0 Å². The Kier molecular flexibility index (Phi) is 4.37. The second-order valence-corrected chi connectivity index (χ2v) is 6.48. The van der Waals surface area contributed by atoms with Crippen molar-refractivity contribution in [1.82, 2.24) is 4.98 Å². The van der Waals surface area contributed by atoms with Gasteiger partial charge in [-0.2, -0.15) is 0 Å². The lowest BCUT2D eigenvalue weighted by Crippen LogP contribution is -2.53. The average molecular weight is 357 g/mol. The summed E-state index contributed by atoms with van der Waals surface area (Å²) < 4.78 is 0. The fraction of sp³-hybridized carbons (Fsp3) is 0.158. The standard InChI is InChI=1S/C19H17ClN2O3/c1-11(18(24)25)19(21,13-5-3-2-4-6-13)17(23)16-10-12-9-14(20)7-8-15(12)22-16/h2-11,22H,21H2,1H3,(H,24,25). The molecule has 5 nitrogen and oxygen atoms in total. The van der Waals surface area contributed by atoms with Crippen LogP contribution in [0.2, 0.25) is 5.02 Å². The molecule has 2 atom stereocenters. The van der Waals surface area contributed by atoms with E-state index in [4.69, 9.17) is 17.3 Å². The lowest BCUT2D eigenvalue weighted by molar-refractivity contribution is -0.143. The number of hydrogen-bond acceptors (Lipinski definition) is 3. The molecule has 4 N–H and O–H groups in total. The van der Waals surface area contributed by atoms with E-state index >= 15 is 0 Å². The summed E-state index contributed by atoms with van der Waals surface area (Å²) in [4.78, 5) is 27.8. The van der Waals surface area contributed by atoms with Crippen LogP contribution in [0.25, 0.3) is 10.9 Å². The fourth-order valence-corrected chi connectivity index (χ4v) is 3.12. The maximum atomic E-state index is 13.2. The van der Waals surface area contributed by atoms with Crippen LogP contribution in [0, 0.1) is 5.92 Å². The predicted octanol–water partition coefficient (Wildman–Crippen LogP) is 3.58. The molecule has 2 unspecified atom stereocenters. The summed E-state index contributed by atoms with van der Waals surface area (Å²) in [6.45, 7) is 1.44. The van der Waals surface area contributed by atoms with Crippen molar-refractivity contribution in [2.24, 2.45) is 11.7 Å². The molecule has 25 heavy (non-hydrogen) atoms. The number of aromatic amines is 1. The van der Waals surface area contributed by atoms with Gasteiger partial charge < -0.3 is 15.8 Å². The molecule has 0 aliphatic heterocycles. The monoisotopic (exact) mass is 356 g/mol. The molecule has 0 amide bonds. The highest BCUT2D eigenvalue weighted by Crippen LogP contribution is 2.32. The number of ketones is 1. The smallest absolute Gasteiger partial charge is 0.308 e. The second kappa shape index (κ2) is 6.35. The molecule has 0 spiro atoms. The molecule has 0 saturated carbocycles. The summed E-state index contributed by atoms with van der Waals surface area (Å²) in [5, 5.41) is 10.8. The number of benzene rings is 2. The number of Topliss-reactive ketones (excluding diaryl/α,β-unsaturated/α-hetero) is 1. The summed E-state index contributed by atoms with van der Waals surface area (Å²) >= 11 is 5.98. The normalized spacial score (nSPS) is 14.8. The van der Waals surface area contributed by atoms with E-state index in [9.17, 15) is 14.7 Å². The summed E-state index contributed by atoms with van der Waals surface area (Å²) in [6, 6.07) is 15.4. The number of nitrogens with one attached hydrogen (secondary N) is 1. The molecule has 0 bridgehead atoms. The van der Waals surface area contributed by atoms with Gasteiger partial charge in [-0.3, -0.25) is 9.59 Å². The van der Waals surface area contributed by atoms with Gasteiger partial charge in [-0.25, -0.2) is 0 Å². The molecule has 2 aromatic carbocycles. The Balaban J connectivity index is 2.14. The zero-order chi connectivity index (χ0) is 18.2. The molecule has 3 aromatic rings. The molecular weight excluding hydrogens is 340 g/mol. The molecule has 1 aromatic heterocycles. The van der Waals surface area contributed by atoms with Crippen molar-refractivity contribution in [3.8, 4) is 0 Å². The Morgan fingerprint density at radius 2 is 1.84 bits per heavy atom. The van der Waals surface area contributed by atoms with Gasteiger partial charge in [-0.05, 0) is 36.8 Å². The Morgan fingerprint density at radius 1 is 1.16 bits per heavy atom. The molecule has 1 heterocycles. The average Bonchev–Trinajstić information content (AvgIpc) is 3.03. The third-order valence-corrected chi connectivity index (χ3v) is 4.74. The zero-order valence-corrected chi connectivity index (χ0v) is 14.2. The first-order chi connectivity index (χ1) is 11.8. The number of carbonyl (C=O) groups is 2. The van der Waals surface area contributed by atoms with Crippen LogP contribution in [0.1, 0.15) is 23.0 Å². The van der Waals surface area contributed by atoms with Crippen LogP contribution in [-0.2, 0) is 10.3 Å². The van der Waals surface area contributed by atoms with E-state index in [1.165, 1.54) is 6.92 Å². The van der Waals surface area contributed by atoms with Crippen LogP contribution in [0.4, 0.5) is 0 Å². The van der Waals surface area contributed by atoms with Crippen molar-refractivity contribution in [3.63, 3.8) is 0 Å². The maximum absolute atomic E-state index is 13.2. The quantitative estimate of drug-likeness (QED) is 0.609. The number of aliphatic carboxylic acids is 1. The molecule has 0 fully saturated rings. The number of carboxylic acid groups (broad SMARTS) is 1. The van der Waals surface area contributed by atoms with E-state index in [2.05, 4.69) is 4.98 Å². The van der Waals surface area contributed by atoms with E-state index in [1.807, 2.05) is 0 Å². The number of hydrogen-bond donors (Lipinski definition) is 3. The van der Waals surface area contributed by atoms with Gasteiger partial charge in [-0.1, -0.05) is 41.9 Å². The second-order valence-electron chi connectivity index (χ2n) is 6.04. The van der Waals surface area contributed by atoms with Crippen LogP contribution in [0.5, 0.6) is 0 Å². The van der Waals surface area contributed by atoms with Crippen molar-refractivity contribution in [2.45, 2.75) is 12.5 Å². The number of fused-ring (bicyclic) bond motifs is 1. The number of carbonyl (C=O) groups excluding carboxylic acids is 1. The highest BCUT2D eigenvalue weighted by molar-refractivity contribution is 6.31. The van der Waals surface area contributed by atoms with Crippen LogP contribution in [0.15, 0.2) is 54.6 Å². The molecule has 3 rings (SSSR count). The third-order valence-electron chi connectivity index (χ3n) is 4.51. The molecule has 0 aliphatic carbocycles. The van der Waals surface area contributed by atoms with Gasteiger partial charge in [-0.15, -0.1) is 0 Å². The molecule has 128 valence electrons. The first kappa shape index (κ1) is 17.2. The number of carboxylic acids is 1. The molecule has 0 saturated heterocycles. The topological polar surface area (TPSA) is 96.2 Å². The number of H-pyrrole nitrogens is 1. The van der Waals surface area contributed by atoms with Gasteiger partial charge in [0.25, 0.3) is 0 Å². The summed E-state index contributed by atoms with van der Waals surface area (Å²) in [5.41, 5.74) is 6.14. The number of rotatable bonds is 5. The lowest BCUT2D eigenvalue weighted by Gasteiger charge is -2.31. The van der Waals surface area contributed by atoms with Crippen molar-refractivity contribution in [3.05, 3.63) is 70.9 Å². The van der Waals surface area contributed by atoms with Gasteiger partial charge in [0, 0.05) is 15.9 Å². The largest absolute Gasteiger partial charge is 0.481 e. The van der Waals surface area contributed by atoms with Crippen molar-refractivity contribution in [2.75, 3.05) is 0 Å². The van der Waals surface area contributed by atoms with Crippen LogP contribution in [0.3, 0.4) is 0 Å². The van der Waals surface area contributed by atoms with Gasteiger partial charge in [0.15, 0.2) is 0 Å². The highest BCUT2D eigenvalue weighted by Gasteiger charge is 2.45. The molecule has 0 aliphatic rings. The van der Waals surface area contributed by atoms with Crippen LogP contribution >= 0.6 is 11.6 Å². The predicted molar refractivity (Wildman–Crippen MR) is 96.7 cm³/mol. The first-order valence-corrected chi connectivity index (χ1v) is 8.12. The Bertz CT molecular complexity index is 952. The summed E-state index contributed by atoms with van der Waals surface area (Å²) in [5.74, 6) is -2.74. The third kappa shape index (κ3) is 2.92. The van der Waals surface area contributed by atoms with E-state index in [0.717, 1.165) is 10.9 Å². The van der Waals surface area contributed by atoms with Crippen LogP contribution < -0.4 is 5.73 Å². The first-order valence-electron chi connectivity index (χ1n) is 7.74. The molecular formula is C19H17ClN2O3. The summed E-state index contributed by atoms with van der Waals surface area (Å²) in [7, 11) is 0. The molecule has 0 radical (unpaired) electrons. The molecule has 6 heteroatoms. The van der Waals surface area contributed by atoms with E-state index < -0.39 is 23.2 Å². The zero-order valence-electron chi connectivity index (χ0n) is 13.5. The maximum Gasteiger partial charge on any atom is 0.308 e. The highest BCUT2D eigenvalue weighted by atomic mass is 35.5. The SMILES string of the molecule is CC(C(=O)O)C(N)(C(=O)c1cc2cc(Cl)ccc2[nH]1)c1ccccc1. The van der Waals surface area contributed by atoms with Gasteiger partial charge >= 0.3 is 5.97 Å². The minimum atomic E-state index is -1.70. The minimum absolute atomic E-state index is 0.247. The number of halogens is 1. The lowest BCUT2D eigenvalue weighted by atomic mass is 9.75. The van der Waals surface area contributed by atoms with Gasteiger partial charge in [0.1, 0.15) is 5.54 Å². The fourth-order valence-electron chi connectivity index (χ4n) is 2.94. The summed E-state index contributed by atoms with van der Waals surface area (Å²) in [6.07, 6.45) is 0. The Hall–Kier alpha value is -2.63. The van der Waals surface area contributed by atoms with E-state index in [0.29, 0.717) is 10.6 Å². The van der Waals surface area contributed by atoms with Crippen LogP contribution in [-0.4, -0.2) is 21.8 Å². The van der Waals surface area contributed by atoms with E-state index in [-0.39, 0.29) is 5.69 Å². The Morgan fingerprint density at radius 3 is 2.48 bits per heavy atom. The minimum Gasteiger partial charge on any atom is -0.481 e. The van der Waals surface area contributed by atoms with Crippen molar-refractivity contribution < 1.29 is 14.7 Å². The van der Waals surface area contributed by atoms with Gasteiger partial charge in [0.2, 0.25) is 5.78 Å². The van der Waals surface area contributed by atoms with E-state index in [1.54, 1.807) is 54.6 Å². The van der Waals surface area contributed by atoms with Gasteiger partial charge in [0.05, 0.1) is 11.6 Å². The number of aromatic nitrogens is 1. The van der Waals surface area contributed by atoms with Crippen molar-refractivity contribution >= 4 is 34.3 Å². The number of nitrogens with two attached hydrogens (primary N) is 1. The Labute approximate surface area is 149 Å².